The van der Waals surface area contributed by atoms with Crippen molar-refractivity contribution in [1.29, 1.82) is 0 Å². The van der Waals surface area contributed by atoms with E-state index in [0.717, 1.165) is 219 Å². The van der Waals surface area contributed by atoms with Crippen LogP contribution in [0.3, 0.4) is 0 Å². The van der Waals surface area contributed by atoms with Crippen molar-refractivity contribution < 1.29 is 28.8 Å². The molecule has 6 nitrogen and oxygen atoms in total. The third kappa shape index (κ3) is 17.0. The molecule has 24 rings (SSSR count). The summed E-state index contributed by atoms with van der Waals surface area (Å²) in [6.07, 6.45) is 92.8. The highest BCUT2D eigenvalue weighted by Crippen LogP contribution is 2.66. The normalized spacial score (nSPS) is 53.3. The van der Waals surface area contributed by atoms with Gasteiger partial charge in [0.05, 0.1) is 0 Å². The number of fused-ring (bicyclic) bond motifs is 30. The van der Waals surface area contributed by atoms with Crippen molar-refractivity contribution in [2.24, 2.45) is 249 Å². The summed E-state index contributed by atoms with van der Waals surface area (Å²) in [6, 6.07) is 0. The van der Waals surface area contributed by atoms with Crippen LogP contribution < -0.4 is 0 Å². The highest BCUT2D eigenvalue weighted by molar-refractivity contribution is 6.13. The largest absolute Gasteiger partial charge is 0.303 e. The minimum atomic E-state index is 0.403. The van der Waals surface area contributed by atoms with Gasteiger partial charge < -0.3 is 28.8 Å². The monoisotopic (exact) mass is 1590 g/mol. The van der Waals surface area contributed by atoms with E-state index in [-0.39, 0.29) is 0 Å². The Labute approximate surface area is 705 Å². The standard InChI is InChI=1S/C18H30OSi.5C18H28O/c19-10-13-8-12-5-7-15-14-3-1-2-11(14)4-6-16(15)17(12)9-18(13)20;5*19-11-12-4-7-16-14(10-12)6-9-17-15-3-1-2-13(15)5-8-18(16)17/h10-18H,1-9H2,20H3;5*11-18H,1-10H2. The Morgan fingerprint density at radius 2 is 0.304 bits per heavy atom. The third-order valence-corrected chi connectivity index (χ3v) is 46.1. The minimum Gasteiger partial charge on any atom is -0.303 e. The fourth-order valence-corrected chi connectivity index (χ4v) is 41.0. The topological polar surface area (TPSA) is 102 Å². The van der Waals surface area contributed by atoms with Gasteiger partial charge >= 0.3 is 0 Å². The number of rotatable bonds is 6. The molecule has 115 heavy (non-hydrogen) atoms. The molecule has 0 aromatic heterocycles. The molecular formula is C108H170O6Si. The van der Waals surface area contributed by atoms with Gasteiger partial charge in [0.2, 0.25) is 0 Å². The van der Waals surface area contributed by atoms with Crippen LogP contribution in [0.15, 0.2) is 0 Å². The van der Waals surface area contributed by atoms with Crippen molar-refractivity contribution in [3.8, 4) is 0 Å². The molecule has 642 valence electrons. The number of hydrogen-bond donors (Lipinski definition) is 0. The first-order chi connectivity index (χ1) is 56.6. The van der Waals surface area contributed by atoms with Crippen molar-refractivity contribution in [1.82, 2.24) is 0 Å². The number of carbonyl (C=O) groups excluding carboxylic acids is 6. The van der Waals surface area contributed by atoms with Crippen molar-refractivity contribution in [3.63, 3.8) is 0 Å². The van der Waals surface area contributed by atoms with E-state index in [9.17, 15) is 28.8 Å². The lowest BCUT2D eigenvalue weighted by Gasteiger charge is -2.53. The van der Waals surface area contributed by atoms with E-state index < -0.39 is 0 Å². The van der Waals surface area contributed by atoms with Crippen molar-refractivity contribution in [2.75, 3.05) is 0 Å². The second kappa shape index (κ2) is 37.6. The maximum Gasteiger partial charge on any atom is 0.123 e. The van der Waals surface area contributed by atoms with E-state index >= 15 is 0 Å². The molecule has 0 bridgehead atoms. The highest BCUT2D eigenvalue weighted by atomic mass is 28.1. The molecule has 0 spiro atoms. The van der Waals surface area contributed by atoms with Gasteiger partial charge in [0.1, 0.15) is 37.7 Å². The summed E-state index contributed by atoms with van der Waals surface area (Å²) in [5.41, 5.74) is 0.786. The quantitative estimate of drug-likeness (QED) is 0.194. The number of hydrogen-bond acceptors (Lipinski definition) is 6. The van der Waals surface area contributed by atoms with E-state index in [4.69, 9.17) is 0 Å². The molecular weight excluding hydrogens is 1420 g/mol. The summed E-state index contributed by atoms with van der Waals surface area (Å²) in [7, 11) is 1.23. The molecule has 0 N–H and O–H groups in total. The van der Waals surface area contributed by atoms with Crippen LogP contribution in [-0.4, -0.2) is 48.0 Å². The first kappa shape index (κ1) is 82.8. The van der Waals surface area contributed by atoms with Crippen LogP contribution in [0.2, 0.25) is 5.54 Å². The van der Waals surface area contributed by atoms with E-state index in [1.165, 1.54) is 382 Å². The predicted molar refractivity (Wildman–Crippen MR) is 469 cm³/mol. The molecule has 0 amide bonds. The summed E-state index contributed by atoms with van der Waals surface area (Å²) < 4.78 is 0. The van der Waals surface area contributed by atoms with Gasteiger partial charge in [-0.15, -0.1) is 0 Å². The Kier molecular flexibility index (Phi) is 27.1. The lowest BCUT2D eigenvalue weighted by atomic mass is 9.53. The molecule has 0 aliphatic heterocycles. The van der Waals surface area contributed by atoms with E-state index in [1.807, 2.05) is 0 Å². The van der Waals surface area contributed by atoms with Crippen LogP contribution in [0.5, 0.6) is 0 Å². The minimum absolute atomic E-state index is 0.403. The van der Waals surface area contributed by atoms with E-state index in [0.29, 0.717) is 35.5 Å². The van der Waals surface area contributed by atoms with Crippen molar-refractivity contribution in [2.45, 2.75) is 384 Å². The van der Waals surface area contributed by atoms with Crippen LogP contribution in [0.4, 0.5) is 0 Å². The SMILES string of the molecule is O=CC1CC2CCC3C4CCCC4CCC3C2CC1[SiH3].O=CC1CCC2C(CCC3C4CCCC4CCC23)C1.O=CC1CCC2C(CCC3C4CCCC4CCC23)C1.O=CC1CCC2C(CCC3C4CCCC4CCC23)C1.O=CC1CCC2C(CCC3C4CCCC4CCC23)C1.O=CC1CCC2C(CCC3C4CCCC4CCC23)C1. The Morgan fingerprint density at radius 1 is 0.139 bits per heavy atom. The second-order valence-corrected chi connectivity index (χ2v) is 49.8. The molecule has 24 saturated carbocycles. The first-order valence-electron chi connectivity index (χ1n) is 53.3. The zero-order chi connectivity index (χ0) is 77.8. The maximum atomic E-state index is 11.3. The molecule has 0 aromatic rings. The molecule has 43 atom stereocenters. The average molecular weight is 1590 g/mol. The number of aldehydes is 6. The summed E-state index contributed by atoms with van der Waals surface area (Å²) in [5, 5.41) is 0. The Bertz CT molecular complexity index is 2800. The van der Waals surface area contributed by atoms with Crippen LogP contribution >= 0.6 is 0 Å². The van der Waals surface area contributed by atoms with Gasteiger partial charge in [0.25, 0.3) is 0 Å². The van der Waals surface area contributed by atoms with E-state index in [2.05, 4.69) is 0 Å². The molecule has 24 fully saturated rings. The highest BCUT2D eigenvalue weighted by Gasteiger charge is 2.57. The lowest BCUT2D eigenvalue weighted by molar-refractivity contribution is -0.115. The van der Waals surface area contributed by atoms with Crippen molar-refractivity contribution >= 4 is 48.0 Å². The van der Waals surface area contributed by atoms with Gasteiger partial charge in [0.15, 0.2) is 0 Å². The molecule has 0 saturated heterocycles. The molecule has 0 aromatic carbocycles. The molecule has 0 heterocycles. The van der Waals surface area contributed by atoms with Crippen LogP contribution in [0, 0.1) is 249 Å². The summed E-state index contributed by atoms with van der Waals surface area (Å²) in [4.78, 5) is 66.6. The predicted octanol–water partition coefficient (Wildman–Crippen LogP) is 25.5. The van der Waals surface area contributed by atoms with Gasteiger partial charge in [-0.1, -0.05) is 77.0 Å². The van der Waals surface area contributed by atoms with Gasteiger partial charge in [-0.25, -0.2) is 0 Å². The fourth-order valence-electron chi connectivity index (χ4n) is 40.1. The molecule has 24 aliphatic rings. The van der Waals surface area contributed by atoms with Gasteiger partial charge in [0, 0.05) is 45.7 Å². The first-order valence-corrected chi connectivity index (χ1v) is 54.5. The fraction of sp³-hybridized carbons (Fsp3) is 0.944. The van der Waals surface area contributed by atoms with Crippen molar-refractivity contribution in [3.05, 3.63) is 0 Å². The average Bonchev–Trinajstić information content (AvgIpc) is 1.77. The number of carbonyl (C=O) groups is 6. The summed E-state index contributed by atoms with van der Waals surface area (Å²) in [6.45, 7) is 0. The molecule has 7 heteroatoms. The summed E-state index contributed by atoms with van der Waals surface area (Å²) in [5.74, 6) is 39.9. The molecule has 24 aliphatic carbocycles. The molecule has 0 radical (unpaired) electrons. The van der Waals surface area contributed by atoms with Gasteiger partial charge in [-0.05, 0) is 520 Å². The molecule has 43 unspecified atom stereocenters. The Hall–Kier alpha value is -1.76. The maximum absolute atomic E-state index is 11.3. The Morgan fingerprint density at radius 3 is 0.496 bits per heavy atom. The zero-order valence-electron chi connectivity index (χ0n) is 73.5. The van der Waals surface area contributed by atoms with Gasteiger partial charge in [-0.3, -0.25) is 0 Å². The van der Waals surface area contributed by atoms with E-state index in [1.54, 1.807) is 44.9 Å². The Balaban J connectivity index is 0.0000000923. The van der Waals surface area contributed by atoms with Gasteiger partial charge in [-0.2, -0.15) is 0 Å². The zero-order valence-corrected chi connectivity index (χ0v) is 75.5. The summed E-state index contributed by atoms with van der Waals surface area (Å²) >= 11 is 0. The second-order valence-electron chi connectivity index (χ2n) is 48.4. The van der Waals surface area contributed by atoms with Crippen LogP contribution in [0.25, 0.3) is 0 Å². The van der Waals surface area contributed by atoms with Crippen LogP contribution in [0.1, 0.15) is 379 Å². The third-order valence-electron chi connectivity index (χ3n) is 44.8. The smallest absolute Gasteiger partial charge is 0.123 e. The van der Waals surface area contributed by atoms with Crippen LogP contribution in [-0.2, 0) is 28.8 Å². The lowest BCUT2D eigenvalue weighted by Crippen LogP contribution is -2.45.